The summed E-state index contributed by atoms with van der Waals surface area (Å²) in [5.41, 5.74) is 6.35. The SMILES string of the molecule is c1ccc(-c2nc(-c3ccccc3)nc(-c3cccc4c3c3ccccc3n4-c3cccc4c3sc3ccccc34)n2)cc1. The Bertz CT molecular complexity index is 2440. The van der Waals surface area contributed by atoms with Crippen LogP contribution in [0.5, 0.6) is 0 Å². The lowest BCUT2D eigenvalue weighted by Crippen LogP contribution is -2.00. The van der Waals surface area contributed by atoms with Gasteiger partial charge in [-0.3, -0.25) is 0 Å². The van der Waals surface area contributed by atoms with E-state index in [1.807, 2.05) is 72.0 Å². The first kappa shape index (κ1) is 24.9. The molecule has 0 atom stereocenters. The standard InChI is InChI=1S/C39H24N4S/c1-3-13-25(14-4-1)37-40-38(26-15-5-2-6-16-26)42-39(41-37)30-20-12-22-32-35(30)29-18-7-9-21-31(29)43(32)33-23-11-19-28-27-17-8-10-24-34(27)44-36(28)33/h1-24H. The number of hydrogen-bond donors (Lipinski definition) is 0. The fraction of sp³-hybridized carbons (Fsp3) is 0. The van der Waals surface area contributed by atoms with E-state index >= 15 is 0 Å². The van der Waals surface area contributed by atoms with Gasteiger partial charge in [0.25, 0.3) is 0 Å². The molecule has 0 amide bonds. The summed E-state index contributed by atoms with van der Waals surface area (Å²) in [6, 6.07) is 50.7. The minimum atomic E-state index is 0.658. The van der Waals surface area contributed by atoms with Crippen LogP contribution < -0.4 is 0 Å². The molecule has 0 saturated heterocycles. The van der Waals surface area contributed by atoms with Crippen molar-refractivity contribution in [1.82, 2.24) is 19.5 Å². The Balaban J connectivity index is 1.35. The second-order valence-corrected chi connectivity index (χ2v) is 11.9. The first-order chi connectivity index (χ1) is 21.8. The van der Waals surface area contributed by atoms with Gasteiger partial charge < -0.3 is 4.57 Å². The Kier molecular flexibility index (Phi) is 5.64. The molecule has 0 aliphatic rings. The van der Waals surface area contributed by atoms with Crippen molar-refractivity contribution in [1.29, 1.82) is 0 Å². The zero-order chi connectivity index (χ0) is 29.0. The fourth-order valence-corrected chi connectivity index (χ4v) is 7.51. The Labute approximate surface area is 257 Å². The van der Waals surface area contributed by atoms with Crippen LogP contribution in [0.15, 0.2) is 146 Å². The molecule has 0 saturated carbocycles. The van der Waals surface area contributed by atoms with Gasteiger partial charge in [0.2, 0.25) is 0 Å². The van der Waals surface area contributed by atoms with Gasteiger partial charge in [-0.05, 0) is 24.3 Å². The summed E-state index contributed by atoms with van der Waals surface area (Å²) in [6.07, 6.45) is 0. The summed E-state index contributed by atoms with van der Waals surface area (Å²) in [7, 11) is 0. The van der Waals surface area contributed by atoms with Crippen LogP contribution in [0.2, 0.25) is 0 Å². The van der Waals surface area contributed by atoms with E-state index in [0.717, 1.165) is 33.1 Å². The van der Waals surface area contributed by atoms with E-state index in [-0.39, 0.29) is 0 Å². The van der Waals surface area contributed by atoms with E-state index in [1.165, 1.54) is 31.2 Å². The van der Waals surface area contributed by atoms with E-state index in [1.54, 1.807) is 0 Å². The average Bonchev–Trinajstić information content (AvgIpc) is 3.65. The number of thiophene rings is 1. The quantitative estimate of drug-likeness (QED) is 0.208. The fourth-order valence-electron chi connectivity index (χ4n) is 6.30. The molecule has 0 fully saturated rings. The molecule has 3 heterocycles. The highest BCUT2D eigenvalue weighted by molar-refractivity contribution is 7.26. The molecule has 3 aromatic heterocycles. The number of hydrogen-bond acceptors (Lipinski definition) is 4. The van der Waals surface area contributed by atoms with Crippen molar-refractivity contribution in [2.75, 3.05) is 0 Å². The van der Waals surface area contributed by atoms with Crippen molar-refractivity contribution in [3.8, 4) is 39.9 Å². The third kappa shape index (κ3) is 3.87. The zero-order valence-corrected chi connectivity index (χ0v) is 24.4. The molecule has 206 valence electrons. The highest BCUT2D eigenvalue weighted by Crippen LogP contribution is 2.42. The molecule has 0 unspecified atom stereocenters. The topological polar surface area (TPSA) is 43.6 Å². The van der Waals surface area contributed by atoms with Gasteiger partial charge in [0.1, 0.15) is 0 Å². The third-order valence-electron chi connectivity index (χ3n) is 8.26. The molecule has 6 aromatic carbocycles. The zero-order valence-electron chi connectivity index (χ0n) is 23.6. The van der Waals surface area contributed by atoms with E-state index in [0.29, 0.717) is 17.5 Å². The molecule has 5 heteroatoms. The smallest absolute Gasteiger partial charge is 0.164 e. The van der Waals surface area contributed by atoms with Crippen molar-refractivity contribution in [2.45, 2.75) is 0 Å². The van der Waals surface area contributed by atoms with Gasteiger partial charge in [0, 0.05) is 42.9 Å². The molecule has 0 bridgehead atoms. The number of para-hydroxylation sites is 1. The van der Waals surface area contributed by atoms with Crippen LogP contribution in [0.4, 0.5) is 0 Å². The minimum absolute atomic E-state index is 0.658. The first-order valence-corrected chi connectivity index (χ1v) is 15.5. The number of aromatic nitrogens is 4. The monoisotopic (exact) mass is 580 g/mol. The van der Waals surface area contributed by atoms with Gasteiger partial charge in [0.05, 0.1) is 21.4 Å². The Morgan fingerprint density at radius 3 is 1.75 bits per heavy atom. The van der Waals surface area contributed by atoms with E-state index in [4.69, 9.17) is 15.0 Å². The van der Waals surface area contributed by atoms with Crippen LogP contribution in [0.25, 0.3) is 81.8 Å². The van der Waals surface area contributed by atoms with Crippen molar-refractivity contribution in [3.05, 3.63) is 146 Å². The van der Waals surface area contributed by atoms with Crippen molar-refractivity contribution in [2.24, 2.45) is 0 Å². The lowest BCUT2D eigenvalue weighted by molar-refractivity contribution is 1.08. The normalized spacial score (nSPS) is 11.6. The molecule has 44 heavy (non-hydrogen) atoms. The summed E-state index contributed by atoms with van der Waals surface area (Å²) in [5, 5.41) is 4.87. The maximum absolute atomic E-state index is 5.09. The largest absolute Gasteiger partial charge is 0.308 e. The summed E-state index contributed by atoms with van der Waals surface area (Å²) >= 11 is 1.85. The van der Waals surface area contributed by atoms with Gasteiger partial charge >= 0.3 is 0 Å². The lowest BCUT2D eigenvalue weighted by Gasteiger charge is -2.11. The molecule has 0 N–H and O–H groups in total. The molecule has 9 rings (SSSR count). The van der Waals surface area contributed by atoms with Crippen LogP contribution in [0.3, 0.4) is 0 Å². The van der Waals surface area contributed by atoms with Crippen LogP contribution in [0, 0.1) is 0 Å². The molecule has 0 aliphatic carbocycles. The first-order valence-electron chi connectivity index (χ1n) is 14.6. The summed E-state index contributed by atoms with van der Waals surface area (Å²) in [4.78, 5) is 15.1. The van der Waals surface area contributed by atoms with E-state index < -0.39 is 0 Å². The highest BCUT2D eigenvalue weighted by Gasteiger charge is 2.21. The Morgan fingerprint density at radius 2 is 1.00 bits per heavy atom. The predicted octanol–water partition coefficient (Wildman–Crippen LogP) is 10.3. The second kappa shape index (κ2) is 9.97. The number of rotatable bonds is 4. The lowest BCUT2D eigenvalue weighted by atomic mass is 10.1. The minimum Gasteiger partial charge on any atom is -0.308 e. The molecule has 9 aromatic rings. The maximum atomic E-state index is 5.09. The molecule has 0 aliphatic heterocycles. The van der Waals surface area contributed by atoms with E-state index in [9.17, 15) is 0 Å². The molecular formula is C39H24N4S. The summed E-state index contributed by atoms with van der Waals surface area (Å²) < 4.78 is 4.98. The van der Waals surface area contributed by atoms with Crippen molar-refractivity contribution >= 4 is 53.3 Å². The summed E-state index contributed by atoms with van der Waals surface area (Å²) in [6.45, 7) is 0. The van der Waals surface area contributed by atoms with Crippen LogP contribution in [-0.2, 0) is 0 Å². The van der Waals surface area contributed by atoms with Crippen molar-refractivity contribution < 1.29 is 0 Å². The van der Waals surface area contributed by atoms with Crippen LogP contribution in [-0.4, -0.2) is 19.5 Å². The average molecular weight is 581 g/mol. The molecular weight excluding hydrogens is 557 g/mol. The van der Waals surface area contributed by atoms with Crippen LogP contribution in [0.1, 0.15) is 0 Å². The maximum Gasteiger partial charge on any atom is 0.164 e. The van der Waals surface area contributed by atoms with E-state index in [2.05, 4.69) is 89.5 Å². The molecule has 0 radical (unpaired) electrons. The van der Waals surface area contributed by atoms with Gasteiger partial charge in [-0.1, -0.05) is 121 Å². The van der Waals surface area contributed by atoms with Gasteiger partial charge in [-0.2, -0.15) is 0 Å². The molecule has 0 spiro atoms. The second-order valence-electron chi connectivity index (χ2n) is 10.8. The predicted molar refractivity (Wildman–Crippen MR) is 183 cm³/mol. The number of benzene rings is 6. The Hall–Kier alpha value is -5.65. The van der Waals surface area contributed by atoms with Crippen LogP contribution >= 0.6 is 11.3 Å². The number of nitrogens with zero attached hydrogens (tertiary/aromatic N) is 4. The summed E-state index contributed by atoms with van der Waals surface area (Å²) in [5.74, 6) is 1.97. The van der Waals surface area contributed by atoms with Gasteiger partial charge in [0.15, 0.2) is 17.5 Å². The van der Waals surface area contributed by atoms with Crippen molar-refractivity contribution in [3.63, 3.8) is 0 Å². The Morgan fingerprint density at radius 1 is 0.432 bits per heavy atom. The number of fused-ring (bicyclic) bond motifs is 6. The third-order valence-corrected chi connectivity index (χ3v) is 9.47. The highest BCUT2D eigenvalue weighted by atomic mass is 32.1. The molecule has 4 nitrogen and oxygen atoms in total. The van der Waals surface area contributed by atoms with Gasteiger partial charge in [-0.25, -0.2) is 15.0 Å². The van der Waals surface area contributed by atoms with Gasteiger partial charge in [-0.15, -0.1) is 11.3 Å².